The molecule has 92 valence electrons. The Balaban J connectivity index is 2.31. The van der Waals surface area contributed by atoms with E-state index in [4.69, 9.17) is 0 Å². The van der Waals surface area contributed by atoms with Crippen LogP contribution >= 0.6 is 0 Å². The Morgan fingerprint density at radius 2 is 1.44 bits per heavy atom. The lowest BCUT2D eigenvalue weighted by Crippen LogP contribution is -2.26. The van der Waals surface area contributed by atoms with Crippen molar-refractivity contribution in [1.29, 1.82) is 0 Å². The largest absolute Gasteiger partial charge is 0.339 e. The predicted molar refractivity (Wildman–Crippen MR) is 78.0 cm³/mol. The van der Waals surface area contributed by atoms with Gasteiger partial charge in [0.1, 0.15) is 0 Å². The molecule has 3 rings (SSSR count). The van der Waals surface area contributed by atoms with E-state index >= 15 is 0 Å². The number of rotatable bonds is 3. The second-order valence-electron chi connectivity index (χ2n) is 4.83. The molecular weight excluding hydrogens is 220 g/mol. The number of hydrogen-bond acceptors (Lipinski definition) is 1. The Bertz CT molecular complexity index is 628. The third-order valence-electron chi connectivity index (χ3n) is 3.63. The Kier molecular flexibility index (Phi) is 2.80. The Labute approximate surface area is 107 Å². The van der Waals surface area contributed by atoms with Crippen molar-refractivity contribution in [3.05, 3.63) is 48.5 Å². The van der Waals surface area contributed by atoms with Crippen molar-refractivity contribution in [2.24, 2.45) is 0 Å². The van der Waals surface area contributed by atoms with Crippen molar-refractivity contribution in [2.45, 2.75) is 19.5 Å². The second kappa shape index (κ2) is 4.46. The predicted octanol–water partition coefficient (Wildman–Crippen LogP) is 3.40. The van der Waals surface area contributed by atoms with Crippen LogP contribution in [0.4, 0.5) is 0 Å². The number of aromatic nitrogens is 1. The Hall–Kier alpha value is -1.80. The molecule has 0 aliphatic heterocycles. The highest BCUT2D eigenvalue weighted by molar-refractivity contribution is 6.07. The summed E-state index contributed by atoms with van der Waals surface area (Å²) >= 11 is 0. The number of para-hydroxylation sites is 2. The molecule has 0 spiro atoms. The van der Waals surface area contributed by atoms with Gasteiger partial charge in [0.2, 0.25) is 0 Å². The van der Waals surface area contributed by atoms with Gasteiger partial charge >= 0.3 is 0 Å². The van der Waals surface area contributed by atoms with E-state index in [0.29, 0.717) is 6.04 Å². The summed E-state index contributed by atoms with van der Waals surface area (Å²) in [7, 11) is 2.01. The van der Waals surface area contributed by atoms with Crippen molar-refractivity contribution in [3.8, 4) is 0 Å². The molecule has 1 heterocycles. The minimum atomic E-state index is 0.462. The van der Waals surface area contributed by atoms with Crippen LogP contribution in [0.1, 0.15) is 6.92 Å². The van der Waals surface area contributed by atoms with Crippen LogP contribution in [-0.2, 0) is 6.54 Å². The van der Waals surface area contributed by atoms with Gasteiger partial charge in [-0.1, -0.05) is 36.4 Å². The Morgan fingerprint density at radius 1 is 0.944 bits per heavy atom. The number of nitrogens with zero attached hydrogens (tertiary/aromatic N) is 1. The number of likely N-dealkylation sites (N-methyl/N-ethyl adjacent to an activating group) is 1. The SMILES string of the molecule is CNC(C)Cn1c2ccccc2c2ccccc21. The minimum absolute atomic E-state index is 0.462. The lowest BCUT2D eigenvalue weighted by Gasteiger charge is -2.13. The lowest BCUT2D eigenvalue weighted by atomic mass is 10.2. The molecule has 2 heteroatoms. The van der Waals surface area contributed by atoms with E-state index in [1.54, 1.807) is 0 Å². The van der Waals surface area contributed by atoms with Crippen LogP contribution in [-0.4, -0.2) is 17.7 Å². The van der Waals surface area contributed by atoms with Crippen LogP contribution in [0.25, 0.3) is 21.8 Å². The fourth-order valence-electron chi connectivity index (χ4n) is 2.57. The van der Waals surface area contributed by atoms with E-state index in [-0.39, 0.29) is 0 Å². The molecule has 0 amide bonds. The normalized spacial score (nSPS) is 13.2. The van der Waals surface area contributed by atoms with E-state index in [2.05, 4.69) is 65.3 Å². The molecule has 3 aromatic rings. The quantitative estimate of drug-likeness (QED) is 0.740. The first-order valence-electron chi connectivity index (χ1n) is 6.44. The van der Waals surface area contributed by atoms with Crippen LogP contribution in [0.3, 0.4) is 0 Å². The van der Waals surface area contributed by atoms with Gasteiger partial charge in [-0.25, -0.2) is 0 Å². The summed E-state index contributed by atoms with van der Waals surface area (Å²) in [5, 5.41) is 6.00. The van der Waals surface area contributed by atoms with Crippen molar-refractivity contribution in [1.82, 2.24) is 9.88 Å². The van der Waals surface area contributed by atoms with Gasteiger partial charge in [0, 0.05) is 34.4 Å². The molecule has 1 unspecified atom stereocenters. The standard InChI is InChI=1S/C16H18N2/c1-12(17-2)11-18-15-9-5-3-7-13(15)14-8-4-6-10-16(14)18/h3-10,12,17H,11H2,1-2H3. The zero-order valence-electron chi connectivity index (χ0n) is 10.9. The van der Waals surface area contributed by atoms with Gasteiger partial charge in [-0.2, -0.15) is 0 Å². The fraction of sp³-hybridized carbons (Fsp3) is 0.250. The van der Waals surface area contributed by atoms with Crippen LogP contribution in [0.2, 0.25) is 0 Å². The third kappa shape index (κ3) is 1.70. The van der Waals surface area contributed by atoms with Gasteiger partial charge in [0.05, 0.1) is 0 Å². The highest BCUT2D eigenvalue weighted by atomic mass is 15.0. The van der Waals surface area contributed by atoms with Crippen molar-refractivity contribution in [2.75, 3.05) is 7.05 Å². The molecule has 0 fully saturated rings. The van der Waals surface area contributed by atoms with Gasteiger partial charge in [-0.05, 0) is 26.1 Å². The summed E-state index contributed by atoms with van der Waals surface area (Å²) in [5.41, 5.74) is 2.64. The van der Waals surface area contributed by atoms with Gasteiger partial charge < -0.3 is 9.88 Å². The molecule has 0 aliphatic rings. The maximum atomic E-state index is 3.31. The van der Waals surface area contributed by atoms with E-state index in [9.17, 15) is 0 Å². The monoisotopic (exact) mass is 238 g/mol. The average molecular weight is 238 g/mol. The highest BCUT2D eigenvalue weighted by Crippen LogP contribution is 2.28. The van der Waals surface area contributed by atoms with Crippen LogP contribution in [0, 0.1) is 0 Å². The number of benzene rings is 2. The highest BCUT2D eigenvalue weighted by Gasteiger charge is 2.10. The van der Waals surface area contributed by atoms with Gasteiger partial charge in [0.25, 0.3) is 0 Å². The summed E-state index contributed by atoms with van der Waals surface area (Å²) in [6, 6.07) is 17.7. The third-order valence-corrected chi connectivity index (χ3v) is 3.63. The zero-order valence-corrected chi connectivity index (χ0v) is 10.9. The molecule has 0 aliphatic carbocycles. The van der Waals surface area contributed by atoms with E-state index in [1.807, 2.05) is 7.05 Å². The summed E-state index contributed by atoms with van der Waals surface area (Å²) in [6.45, 7) is 3.20. The van der Waals surface area contributed by atoms with Gasteiger partial charge in [-0.3, -0.25) is 0 Å². The molecule has 1 aromatic heterocycles. The summed E-state index contributed by atoms with van der Waals surface area (Å²) < 4.78 is 2.41. The summed E-state index contributed by atoms with van der Waals surface area (Å²) in [4.78, 5) is 0. The average Bonchev–Trinajstić information content (AvgIpc) is 2.74. The molecule has 0 bridgehead atoms. The van der Waals surface area contributed by atoms with Crippen LogP contribution < -0.4 is 5.32 Å². The molecule has 18 heavy (non-hydrogen) atoms. The minimum Gasteiger partial charge on any atom is -0.339 e. The molecule has 1 atom stereocenters. The van der Waals surface area contributed by atoms with Crippen molar-refractivity contribution >= 4 is 21.8 Å². The molecule has 2 aromatic carbocycles. The first-order chi connectivity index (χ1) is 8.81. The topological polar surface area (TPSA) is 17.0 Å². The maximum absolute atomic E-state index is 3.31. The smallest absolute Gasteiger partial charge is 0.0491 e. The van der Waals surface area contributed by atoms with E-state index in [0.717, 1.165) is 6.54 Å². The maximum Gasteiger partial charge on any atom is 0.0491 e. The lowest BCUT2D eigenvalue weighted by molar-refractivity contribution is 0.533. The first kappa shape index (κ1) is 11.3. The molecule has 2 nitrogen and oxygen atoms in total. The van der Waals surface area contributed by atoms with Crippen LogP contribution in [0.15, 0.2) is 48.5 Å². The summed E-state index contributed by atoms with van der Waals surface area (Å²) in [6.07, 6.45) is 0. The van der Waals surface area contributed by atoms with E-state index < -0.39 is 0 Å². The van der Waals surface area contributed by atoms with E-state index in [1.165, 1.54) is 21.8 Å². The number of fused-ring (bicyclic) bond motifs is 3. The molecular formula is C16H18N2. The van der Waals surface area contributed by atoms with Gasteiger partial charge in [-0.15, -0.1) is 0 Å². The second-order valence-corrected chi connectivity index (χ2v) is 4.83. The summed E-state index contributed by atoms with van der Waals surface area (Å²) in [5.74, 6) is 0. The Morgan fingerprint density at radius 3 is 1.94 bits per heavy atom. The molecule has 0 radical (unpaired) electrons. The fourth-order valence-corrected chi connectivity index (χ4v) is 2.57. The van der Waals surface area contributed by atoms with Gasteiger partial charge in [0.15, 0.2) is 0 Å². The van der Waals surface area contributed by atoms with Crippen molar-refractivity contribution < 1.29 is 0 Å². The number of nitrogens with one attached hydrogen (secondary N) is 1. The van der Waals surface area contributed by atoms with Crippen molar-refractivity contribution in [3.63, 3.8) is 0 Å². The van der Waals surface area contributed by atoms with Crippen LogP contribution in [0.5, 0.6) is 0 Å². The molecule has 1 N–H and O–H groups in total. The zero-order chi connectivity index (χ0) is 12.5. The first-order valence-corrected chi connectivity index (χ1v) is 6.44. The molecule has 0 saturated heterocycles. The molecule has 0 saturated carbocycles. The number of hydrogen-bond donors (Lipinski definition) is 1.